The minimum Gasteiger partial charge on any atom is -0.469 e. The third-order valence-electron chi connectivity index (χ3n) is 3.78. The molecule has 0 aliphatic heterocycles. The number of rotatable bonds is 7. The van der Waals surface area contributed by atoms with Gasteiger partial charge in [0.2, 0.25) is 0 Å². The van der Waals surface area contributed by atoms with Gasteiger partial charge < -0.3 is 9.84 Å². The number of carbonyl (C=O) groups is 1. The Morgan fingerprint density at radius 3 is 2.30 bits per heavy atom. The lowest BCUT2D eigenvalue weighted by molar-refractivity contribution is -0.140. The van der Waals surface area contributed by atoms with E-state index in [1.165, 1.54) is 19.2 Å². The number of esters is 1. The second-order valence-electron chi connectivity index (χ2n) is 5.52. The van der Waals surface area contributed by atoms with Crippen LogP contribution in [-0.4, -0.2) is 18.2 Å². The van der Waals surface area contributed by atoms with Crippen LogP contribution < -0.4 is 0 Å². The summed E-state index contributed by atoms with van der Waals surface area (Å²) >= 11 is 0. The van der Waals surface area contributed by atoms with E-state index in [0.717, 1.165) is 29.5 Å². The number of ether oxygens (including phenoxy) is 1. The molecule has 2 aromatic rings. The van der Waals surface area contributed by atoms with Gasteiger partial charge in [0.25, 0.3) is 0 Å². The van der Waals surface area contributed by atoms with Crippen molar-refractivity contribution >= 4 is 5.97 Å². The van der Waals surface area contributed by atoms with Gasteiger partial charge in [-0.3, -0.25) is 4.79 Å². The monoisotopic (exact) mass is 316 g/mol. The van der Waals surface area contributed by atoms with Gasteiger partial charge in [0.05, 0.1) is 13.2 Å². The summed E-state index contributed by atoms with van der Waals surface area (Å²) in [7, 11) is 1.39. The molecule has 0 aliphatic carbocycles. The second-order valence-corrected chi connectivity index (χ2v) is 5.52. The Labute approximate surface area is 135 Å². The van der Waals surface area contributed by atoms with E-state index < -0.39 is 6.10 Å². The average molecular weight is 316 g/mol. The normalized spacial score (nSPS) is 12.0. The third kappa shape index (κ3) is 5.49. The summed E-state index contributed by atoms with van der Waals surface area (Å²) < 4.78 is 17.5. The Hall–Kier alpha value is -2.20. The molecule has 0 saturated carbocycles. The lowest BCUT2D eigenvalue weighted by Gasteiger charge is -2.12. The maximum absolute atomic E-state index is 12.9. The maximum Gasteiger partial charge on any atom is 0.305 e. The summed E-state index contributed by atoms with van der Waals surface area (Å²) in [5, 5.41) is 10.3. The largest absolute Gasteiger partial charge is 0.469 e. The minimum atomic E-state index is -0.621. The minimum absolute atomic E-state index is 0.198. The van der Waals surface area contributed by atoms with Crippen LogP contribution in [0.3, 0.4) is 0 Å². The second kappa shape index (κ2) is 8.44. The van der Waals surface area contributed by atoms with Crippen molar-refractivity contribution in [1.29, 1.82) is 0 Å². The van der Waals surface area contributed by atoms with Crippen molar-refractivity contribution < 1.29 is 19.0 Å². The first kappa shape index (κ1) is 17.2. The summed E-state index contributed by atoms with van der Waals surface area (Å²) in [5.41, 5.74) is 2.83. The molecule has 122 valence electrons. The molecular weight excluding hydrogens is 295 g/mol. The molecule has 1 atom stereocenters. The van der Waals surface area contributed by atoms with Gasteiger partial charge in [0.15, 0.2) is 0 Å². The molecular formula is C19H21FO3. The van der Waals surface area contributed by atoms with Gasteiger partial charge in [0.1, 0.15) is 5.82 Å². The SMILES string of the molecule is COC(=O)CCCc1ccc(C(O)Cc2ccc(F)cc2)cc1. The number of hydrogen-bond donors (Lipinski definition) is 1. The molecule has 2 rings (SSSR count). The van der Waals surface area contributed by atoms with Crippen LogP contribution >= 0.6 is 0 Å². The quantitative estimate of drug-likeness (QED) is 0.794. The summed E-state index contributed by atoms with van der Waals surface area (Å²) in [6.45, 7) is 0. The van der Waals surface area contributed by atoms with Crippen molar-refractivity contribution in [2.45, 2.75) is 31.8 Å². The van der Waals surface area contributed by atoms with E-state index in [0.29, 0.717) is 12.8 Å². The van der Waals surface area contributed by atoms with Gasteiger partial charge in [-0.25, -0.2) is 4.39 Å². The van der Waals surface area contributed by atoms with Crippen molar-refractivity contribution in [2.75, 3.05) is 7.11 Å². The summed E-state index contributed by atoms with van der Waals surface area (Å²) in [5.74, 6) is -0.476. The Balaban J connectivity index is 1.88. The fourth-order valence-electron chi connectivity index (χ4n) is 2.41. The van der Waals surface area contributed by atoms with E-state index in [1.54, 1.807) is 12.1 Å². The number of aliphatic hydroxyl groups is 1. The molecule has 0 heterocycles. The molecule has 0 saturated heterocycles. The molecule has 1 unspecified atom stereocenters. The number of methoxy groups -OCH3 is 1. The molecule has 0 aromatic heterocycles. The number of carbonyl (C=O) groups excluding carboxylic acids is 1. The first-order valence-electron chi connectivity index (χ1n) is 7.66. The molecule has 0 radical (unpaired) electrons. The molecule has 0 spiro atoms. The summed E-state index contributed by atoms with van der Waals surface area (Å²) in [6.07, 6.45) is 1.77. The molecule has 0 bridgehead atoms. The fourth-order valence-corrected chi connectivity index (χ4v) is 2.41. The molecule has 3 nitrogen and oxygen atoms in total. The summed E-state index contributed by atoms with van der Waals surface area (Å²) in [4.78, 5) is 11.1. The first-order valence-corrected chi connectivity index (χ1v) is 7.66. The number of aliphatic hydroxyl groups excluding tert-OH is 1. The summed E-state index contributed by atoms with van der Waals surface area (Å²) in [6, 6.07) is 13.8. The van der Waals surface area contributed by atoms with Gasteiger partial charge in [0, 0.05) is 12.8 Å². The Bertz CT molecular complexity index is 620. The first-order chi connectivity index (χ1) is 11.1. The number of halogens is 1. The zero-order valence-electron chi connectivity index (χ0n) is 13.2. The highest BCUT2D eigenvalue weighted by molar-refractivity contribution is 5.69. The van der Waals surface area contributed by atoms with Crippen LogP contribution in [0.1, 0.15) is 35.6 Å². The van der Waals surface area contributed by atoms with E-state index in [-0.39, 0.29) is 11.8 Å². The smallest absolute Gasteiger partial charge is 0.305 e. The van der Waals surface area contributed by atoms with Gasteiger partial charge >= 0.3 is 5.97 Å². The zero-order valence-corrected chi connectivity index (χ0v) is 13.2. The van der Waals surface area contributed by atoms with Gasteiger partial charge in [-0.05, 0) is 41.7 Å². The molecule has 0 fully saturated rings. The molecule has 2 aromatic carbocycles. The van der Waals surface area contributed by atoms with E-state index in [9.17, 15) is 14.3 Å². The number of aryl methyl sites for hydroxylation is 1. The van der Waals surface area contributed by atoms with Gasteiger partial charge in [-0.2, -0.15) is 0 Å². The highest BCUT2D eigenvalue weighted by atomic mass is 19.1. The van der Waals surface area contributed by atoms with Crippen molar-refractivity contribution in [1.82, 2.24) is 0 Å². The van der Waals surface area contributed by atoms with Crippen molar-refractivity contribution in [3.05, 3.63) is 71.0 Å². The van der Waals surface area contributed by atoms with Crippen molar-refractivity contribution in [3.63, 3.8) is 0 Å². The highest BCUT2D eigenvalue weighted by Crippen LogP contribution is 2.19. The molecule has 4 heteroatoms. The standard InChI is InChI=1S/C19H21FO3/c1-23-19(22)4-2-3-14-5-9-16(10-6-14)18(21)13-15-7-11-17(20)12-8-15/h5-12,18,21H,2-4,13H2,1H3. The molecule has 0 aliphatic rings. The predicted octanol–water partition coefficient (Wildman–Crippen LogP) is 3.60. The van der Waals surface area contributed by atoms with E-state index >= 15 is 0 Å². The van der Waals surface area contributed by atoms with E-state index in [2.05, 4.69) is 4.74 Å². The lowest BCUT2D eigenvalue weighted by Crippen LogP contribution is -2.03. The van der Waals surface area contributed by atoms with Crippen LogP contribution in [0.5, 0.6) is 0 Å². The Morgan fingerprint density at radius 1 is 1.09 bits per heavy atom. The Morgan fingerprint density at radius 2 is 1.70 bits per heavy atom. The van der Waals surface area contributed by atoms with Crippen LogP contribution in [0.25, 0.3) is 0 Å². The van der Waals surface area contributed by atoms with Crippen molar-refractivity contribution in [2.24, 2.45) is 0 Å². The van der Waals surface area contributed by atoms with E-state index in [4.69, 9.17) is 0 Å². The number of hydrogen-bond acceptors (Lipinski definition) is 3. The van der Waals surface area contributed by atoms with Crippen LogP contribution in [0.2, 0.25) is 0 Å². The third-order valence-corrected chi connectivity index (χ3v) is 3.78. The molecule has 1 N–H and O–H groups in total. The highest BCUT2D eigenvalue weighted by Gasteiger charge is 2.09. The van der Waals surface area contributed by atoms with Gasteiger partial charge in [-0.15, -0.1) is 0 Å². The number of benzene rings is 2. The van der Waals surface area contributed by atoms with Crippen LogP contribution in [0.15, 0.2) is 48.5 Å². The van der Waals surface area contributed by atoms with Gasteiger partial charge in [-0.1, -0.05) is 36.4 Å². The lowest BCUT2D eigenvalue weighted by atomic mass is 9.99. The Kier molecular flexibility index (Phi) is 6.29. The zero-order chi connectivity index (χ0) is 16.7. The topological polar surface area (TPSA) is 46.5 Å². The van der Waals surface area contributed by atoms with Crippen molar-refractivity contribution in [3.8, 4) is 0 Å². The molecule has 0 amide bonds. The maximum atomic E-state index is 12.9. The molecule has 23 heavy (non-hydrogen) atoms. The van der Waals surface area contributed by atoms with Crippen LogP contribution in [0.4, 0.5) is 4.39 Å². The fraction of sp³-hybridized carbons (Fsp3) is 0.316. The predicted molar refractivity (Wildman–Crippen MR) is 86.5 cm³/mol. The van der Waals surface area contributed by atoms with E-state index in [1.807, 2.05) is 24.3 Å². The average Bonchev–Trinajstić information content (AvgIpc) is 2.57. The van der Waals surface area contributed by atoms with Crippen LogP contribution in [-0.2, 0) is 22.4 Å². The van der Waals surface area contributed by atoms with Crippen LogP contribution in [0, 0.1) is 5.82 Å².